The highest BCUT2D eigenvalue weighted by Crippen LogP contribution is 2.55. The average Bonchev–Trinajstić information content (AvgIpc) is 3.02. The van der Waals surface area contributed by atoms with Crippen LogP contribution >= 0.6 is 12.2 Å². The maximum Gasteiger partial charge on any atom is 0.263 e. The molecule has 2 atom stereocenters. The minimum absolute atomic E-state index is 0.144. The predicted octanol–water partition coefficient (Wildman–Crippen LogP) is 3.03. The lowest BCUT2D eigenvalue weighted by molar-refractivity contribution is -0.0981. The summed E-state index contributed by atoms with van der Waals surface area (Å²) in [5.41, 5.74) is -2.65. The van der Waals surface area contributed by atoms with Crippen LogP contribution in [0.5, 0.6) is 0 Å². The Balaban J connectivity index is 1.84. The van der Waals surface area contributed by atoms with Gasteiger partial charge in [-0.25, -0.2) is 0 Å². The van der Waals surface area contributed by atoms with E-state index in [1.54, 1.807) is 60.7 Å². The molecular weight excluding hydrogens is 372 g/mol. The Morgan fingerprint density at radius 3 is 1.71 bits per heavy atom. The summed E-state index contributed by atoms with van der Waals surface area (Å²) in [4.78, 5) is 16.2. The van der Waals surface area contributed by atoms with Gasteiger partial charge in [0, 0.05) is 22.5 Å². The predicted molar refractivity (Wildman–Crippen MR) is 110 cm³/mol. The highest BCUT2D eigenvalue weighted by molar-refractivity contribution is 7.80. The van der Waals surface area contributed by atoms with Crippen molar-refractivity contribution >= 4 is 34.5 Å². The zero-order valence-electron chi connectivity index (χ0n) is 14.7. The first-order valence-electron chi connectivity index (χ1n) is 8.85. The van der Waals surface area contributed by atoms with Gasteiger partial charge in [-0.15, -0.1) is 0 Å². The molecule has 3 aromatic rings. The number of hydrogen-bond donors (Lipinski definition) is 2. The molecule has 0 aromatic heterocycles. The molecular formula is C22H16N2O3S. The molecule has 5 rings (SSSR count). The van der Waals surface area contributed by atoms with Crippen molar-refractivity contribution in [2.45, 2.75) is 11.4 Å². The van der Waals surface area contributed by atoms with Crippen LogP contribution in [-0.2, 0) is 5.72 Å². The fraction of sp³-hybridized carbons (Fsp3) is 0.0909. The Kier molecular flexibility index (Phi) is 3.49. The third kappa shape index (κ3) is 1.87. The van der Waals surface area contributed by atoms with Crippen LogP contribution in [0, 0.1) is 0 Å². The molecule has 0 saturated carbocycles. The van der Waals surface area contributed by atoms with Crippen LogP contribution in [0.1, 0.15) is 15.9 Å². The molecule has 138 valence electrons. The van der Waals surface area contributed by atoms with Crippen LogP contribution in [0.2, 0.25) is 0 Å². The number of nitrogens with zero attached hydrogens (tertiary/aromatic N) is 2. The van der Waals surface area contributed by atoms with Crippen molar-refractivity contribution in [1.82, 2.24) is 0 Å². The van der Waals surface area contributed by atoms with E-state index >= 15 is 0 Å². The quantitative estimate of drug-likeness (QED) is 0.658. The van der Waals surface area contributed by atoms with Crippen molar-refractivity contribution in [2.24, 2.45) is 0 Å². The number of Topliss-reactive ketones (excluding diaryl/α,β-unsaturated/α-hetero) is 1. The number of carbonyl (C=O) groups excluding carboxylic acids is 1. The van der Waals surface area contributed by atoms with E-state index in [2.05, 4.69) is 0 Å². The molecule has 0 unspecified atom stereocenters. The van der Waals surface area contributed by atoms with Crippen LogP contribution in [0.4, 0.5) is 11.4 Å². The summed E-state index contributed by atoms with van der Waals surface area (Å²) in [6.45, 7) is 0. The number of carbonyl (C=O) groups is 1. The first-order valence-corrected chi connectivity index (χ1v) is 9.25. The summed E-state index contributed by atoms with van der Waals surface area (Å²) in [7, 11) is 0. The maximum atomic E-state index is 13.4. The van der Waals surface area contributed by atoms with Gasteiger partial charge in [0.1, 0.15) is 0 Å². The number of aliphatic hydroxyl groups is 2. The number of fused-ring (bicyclic) bond motifs is 3. The second-order valence-corrected chi connectivity index (χ2v) is 7.21. The van der Waals surface area contributed by atoms with Gasteiger partial charge in [0.2, 0.25) is 11.5 Å². The van der Waals surface area contributed by atoms with E-state index in [9.17, 15) is 15.0 Å². The monoisotopic (exact) mass is 388 g/mol. The number of thiocarbonyl (C=S) groups is 1. The Labute approximate surface area is 167 Å². The van der Waals surface area contributed by atoms with Crippen molar-refractivity contribution in [3.05, 3.63) is 96.1 Å². The van der Waals surface area contributed by atoms with Gasteiger partial charge in [0.25, 0.3) is 5.72 Å². The molecule has 1 saturated heterocycles. The summed E-state index contributed by atoms with van der Waals surface area (Å²) in [5, 5.41) is 23.9. The Bertz CT molecular complexity index is 1110. The second-order valence-electron chi connectivity index (χ2n) is 6.84. The third-order valence-electron chi connectivity index (χ3n) is 5.41. The van der Waals surface area contributed by atoms with Crippen LogP contribution in [0.25, 0.3) is 0 Å². The first kappa shape index (κ1) is 17.1. The molecule has 2 N–H and O–H groups in total. The van der Waals surface area contributed by atoms with Crippen molar-refractivity contribution in [2.75, 3.05) is 9.80 Å². The number of hydrogen-bond acceptors (Lipinski definition) is 4. The third-order valence-corrected chi connectivity index (χ3v) is 5.77. The van der Waals surface area contributed by atoms with E-state index in [1.165, 1.54) is 9.80 Å². The number of benzene rings is 3. The molecule has 1 heterocycles. The minimum Gasteiger partial charge on any atom is -0.362 e. The standard InChI is InChI=1S/C22H16N2O3S/c25-19-17-13-7-8-14-18(17)21(26)22(19,27)24(16-11-5-2-6-12-16)20(28)23(21)15-9-3-1-4-10-15/h1-14,26-27H/t21-,22-/m1/s1. The number of ketones is 1. The van der Waals surface area contributed by atoms with Gasteiger partial charge in [-0.05, 0) is 36.5 Å². The molecule has 2 aliphatic rings. The van der Waals surface area contributed by atoms with E-state index in [1.807, 2.05) is 24.3 Å². The fourth-order valence-electron chi connectivity index (χ4n) is 4.18. The average molecular weight is 388 g/mol. The largest absolute Gasteiger partial charge is 0.362 e. The van der Waals surface area contributed by atoms with Crippen molar-refractivity contribution < 1.29 is 15.0 Å². The highest BCUT2D eigenvalue weighted by Gasteiger charge is 2.75. The molecule has 6 heteroatoms. The maximum absolute atomic E-state index is 13.4. The first-order chi connectivity index (χ1) is 13.5. The highest BCUT2D eigenvalue weighted by atomic mass is 32.1. The van der Waals surface area contributed by atoms with Gasteiger partial charge in [0.15, 0.2) is 5.11 Å². The summed E-state index contributed by atoms with van der Waals surface area (Å²) in [6, 6.07) is 24.6. The molecule has 1 fully saturated rings. The molecule has 0 amide bonds. The Morgan fingerprint density at radius 2 is 1.14 bits per heavy atom. The molecule has 5 nitrogen and oxygen atoms in total. The van der Waals surface area contributed by atoms with Crippen LogP contribution in [0.15, 0.2) is 84.9 Å². The minimum atomic E-state index is -2.29. The van der Waals surface area contributed by atoms with Crippen molar-refractivity contribution in [3.8, 4) is 0 Å². The second kappa shape index (κ2) is 5.72. The lowest BCUT2D eigenvalue weighted by Gasteiger charge is -2.37. The van der Waals surface area contributed by atoms with Crippen LogP contribution < -0.4 is 9.80 Å². The van der Waals surface area contributed by atoms with E-state index in [0.29, 0.717) is 16.9 Å². The fourth-order valence-corrected chi connectivity index (χ4v) is 4.65. The Hall–Kier alpha value is -3.06. The summed E-state index contributed by atoms with van der Waals surface area (Å²) < 4.78 is 0. The van der Waals surface area contributed by atoms with Gasteiger partial charge in [-0.1, -0.05) is 60.7 Å². The molecule has 3 aromatic carbocycles. The molecule has 0 radical (unpaired) electrons. The summed E-state index contributed by atoms with van der Waals surface area (Å²) >= 11 is 5.69. The van der Waals surface area contributed by atoms with Gasteiger partial charge in [-0.2, -0.15) is 0 Å². The molecule has 0 bridgehead atoms. The van der Waals surface area contributed by atoms with Crippen LogP contribution in [0.3, 0.4) is 0 Å². The van der Waals surface area contributed by atoms with E-state index < -0.39 is 17.2 Å². The molecule has 1 aliphatic heterocycles. The summed E-state index contributed by atoms with van der Waals surface area (Å²) in [5.74, 6) is -0.588. The number of para-hydroxylation sites is 2. The lowest BCUT2D eigenvalue weighted by atomic mass is 9.97. The molecule has 28 heavy (non-hydrogen) atoms. The normalized spacial score (nSPS) is 25.8. The zero-order valence-corrected chi connectivity index (χ0v) is 15.5. The van der Waals surface area contributed by atoms with Crippen molar-refractivity contribution in [3.63, 3.8) is 0 Å². The number of anilines is 2. The smallest absolute Gasteiger partial charge is 0.263 e. The van der Waals surface area contributed by atoms with E-state index in [-0.39, 0.29) is 10.7 Å². The summed E-state index contributed by atoms with van der Waals surface area (Å²) in [6.07, 6.45) is 0. The van der Waals surface area contributed by atoms with E-state index in [4.69, 9.17) is 12.2 Å². The lowest BCUT2D eigenvalue weighted by Crippen LogP contribution is -2.60. The number of rotatable bonds is 2. The SMILES string of the molecule is O=C1c2ccccc2[C@]2(O)N(c3ccccc3)C(=S)N(c3ccccc3)[C@@]12O. The molecule has 1 aliphatic carbocycles. The van der Waals surface area contributed by atoms with Gasteiger partial charge >= 0.3 is 0 Å². The topological polar surface area (TPSA) is 64.0 Å². The van der Waals surface area contributed by atoms with Gasteiger partial charge < -0.3 is 10.2 Å². The van der Waals surface area contributed by atoms with Crippen LogP contribution in [-0.4, -0.2) is 26.8 Å². The zero-order chi connectivity index (χ0) is 19.5. The van der Waals surface area contributed by atoms with E-state index in [0.717, 1.165) is 0 Å². The Morgan fingerprint density at radius 1 is 0.679 bits per heavy atom. The van der Waals surface area contributed by atoms with Gasteiger partial charge in [0.05, 0.1) is 0 Å². The molecule has 0 spiro atoms. The van der Waals surface area contributed by atoms with Crippen molar-refractivity contribution in [1.29, 1.82) is 0 Å². The van der Waals surface area contributed by atoms with Gasteiger partial charge in [-0.3, -0.25) is 14.6 Å².